The molecule has 0 aliphatic carbocycles. The van der Waals surface area contributed by atoms with E-state index in [1.54, 1.807) is 61.3 Å². The second-order valence-electron chi connectivity index (χ2n) is 6.54. The van der Waals surface area contributed by atoms with E-state index in [9.17, 15) is 9.18 Å². The lowest BCUT2D eigenvalue weighted by atomic mass is 10.1. The molecule has 1 amide bonds. The SMILES string of the molecule is Cc1nc(Oc2ccccc2F)nc(C)c1NC(=O)c1cccc(-n2cccn2)c1. The van der Waals surface area contributed by atoms with E-state index in [1.165, 1.54) is 12.1 Å². The normalized spacial score (nSPS) is 10.6. The van der Waals surface area contributed by atoms with Crippen molar-refractivity contribution in [2.24, 2.45) is 0 Å². The molecule has 0 saturated heterocycles. The van der Waals surface area contributed by atoms with Crippen LogP contribution in [0.5, 0.6) is 11.8 Å². The van der Waals surface area contributed by atoms with Crippen molar-refractivity contribution in [2.45, 2.75) is 13.8 Å². The summed E-state index contributed by atoms with van der Waals surface area (Å²) in [4.78, 5) is 21.3. The van der Waals surface area contributed by atoms with Crippen molar-refractivity contribution in [3.8, 4) is 17.4 Å². The van der Waals surface area contributed by atoms with Gasteiger partial charge in [0.05, 0.1) is 22.8 Å². The fraction of sp³-hybridized carbons (Fsp3) is 0.0909. The van der Waals surface area contributed by atoms with Crippen LogP contribution in [-0.4, -0.2) is 25.7 Å². The highest BCUT2D eigenvalue weighted by molar-refractivity contribution is 6.05. The van der Waals surface area contributed by atoms with Crippen molar-refractivity contribution >= 4 is 11.6 Å². The number of para-hydroxylation sites is 1. The van der Waals surface area contributed by atoms with Gasteiger partial charge >= 0.3 is 6.01 Å². The Balaban J connectivity index is 1.56. The molecule has 2 aromatic carbocycles. The quantitative estimate of drug-likeness (QED) is 0.532. The number of rotatable bonds is 5. The molecule has 4 rings (SSSR count). The highest BCUT2D eigenvalue weighted by Gasteiger charge is 2.15. The van der Waals surface area contributed by atoms with E-state index < -0.39 is 5.82 Å². The maximum absolute atomic E-state index is 13.8. The standard InChI is InChI=1S/C22H18FN5O2/c1-14-20(15(2)26-22(25-14)30-19-10-4-3-9-18(19)23)27-21(29)16-7-5-8-17(13-16)28-12-6-11-24-28/h3-13H,1-2H3,(H,27,29). The molecule has 7 nitrogen and oxygen atoms in total. The molecular weight excluding hydrogens is 385 g/mol. The zero-order valence-corrected chi connectivity index (χ0v) is 16.3. The molecule has 4 aromatic rings. The van der Waals surface area contributed by atoms with Crippen LogP contribution in [0, 0.1) is 19.7 Å². The van der Waals surface area contributed by atoms with Gasteiger partial charge in [0.2, 0.25) is 0 Å². The Kier molecular flexibility index (Phi) is 5.21. The highest BCUT2D eigenvalue weighted by atomic mass is 19.1. The fourth-order valence-electron chi connectivity index (χ4n) is 2.93. The van der Waals surface area contributed by atoms with Crippen molar-refractivity contribution in [2.75, 3.05) is 5.32 Å². The summed E-state index contributed by atoms with van der Waals surface area (Å²) in [6.07, 6.45) is 3.47. The Hall–Kier alpha value is -4.07. The number of amides is 1. The number of carbonyl (C=O) groups excluding carboxylic acids is 1. The van der Waals surface area contributed by atoms with Crippen molar-refractivity contribution in [1.29, 1.82) is 0 Å². The monoisotopic (exact) mass is 403 g/mol. The minimum absolute atomic E-state index is 0.00813. The topological polar surface area (TPSA) is 81.9 Å². The van der Waals surface area contributed by atoms with Gasteiger partial charge in [-0.2, -0.15) is 15.1 Å². The lowest BCUT2D eigenvalue weighted by Gasteiger charge is -2.13. The van der Waals surface area contributed by atoms with Crippen LogP contribution >= 0.6 is 0 Å². The van der Waals surface area contributed by atoms with E-state index in [4.69, 9.17) is 4.74 Å². The number of halogens is 1. The predicted molar refractivity (Wildman–Crippen MR) is 109 cm³/mol. The summed E-state index contributed by atoms with van der Waals surface area (Å²) in [7, 11) is 0. The number of aromatic nitrogens is 4. The number of aryl methyl sites for hydroxylation is 2. The average molecular weight is 403 g/mol. The summed E-state index contributed by atoms with van der Waals surface area (Å²) < 4.78 is 20.9. The van der Waals surface area contributed by atoms with Gasteiger partial charge in [0.15, 0.2) is 11.6 Å². The Morgan fingerprint density at radius 2 is 1.80 bits per heavy atom. The van der Waals surface area contributed by atoms with Gasteiger partial charge in [-0.3, -0.25) is 4.79 Å². The van der Waals surface area contributed by atoms with Crippen molar-refractivity contribution < 1.29 is 13.9 Å². The van der Waals surface area contributed by atoms with Crippen molar-refractivity contribution in [1.82, 2.24) is 19.7 Å². The Labute approximate surface area is 172 Å². The minimum Gasteiger partial charge on any atom is -0.421 e. The molecule has 0 aliphatic rings. The number of ether oxygens (including phenoxy) is 1. The van der Waals surface area contributed by atoms with E-state index in [0.29, 0.717) is 22.6 Å². The zero-order valence-electron chi connectivity index (χ0n) is 16.3. The van der Waals surface area contributed by atoms with Crippen LogP contribution in [0.2, 0.25) is 0 Å². The Morgan fingerprint density at radius 1 is 1.03 bits per heavy atom. The van der Waals surface area contributed by atoms with Gasteiger partial charge in [0.1, 0.15) is 0 Å². The van der Waals surface area contributed by atoms with Crippen LogP contribution in [0.4, 0.5) is 10.1 Å². The number of hydrogen-bond acceptors (Lipinski definition) is 5. The van der Waals surface area contributed by atoms with Gasteiger partial charge in [0.25, 0.3) is 5.91 Å². The van der Waals surface area contributed by atoms with E-state index in [1.807, 2.05) is 12.1 Å². The molecule has 8 heteroatoms. The van der Waals surface area contributed by atoms with Gasteiger partial charge in [-0.25, -0.2) is 9.07 Å². The molecule has 0 aliphatic heterocycles. The maximum atomic E-state index is 13.8. The first-order chi connectivity index (χ1) is 14.5. The first-order valence-corrected chi connectivity index (χ1v) is 9.20. The molecular formula is C22H18FN5O2. The van der Waals surface area contributed by atoms with Crippen LogP contribution in [-0.2, 0) is 0 Å². The Bertz CT molecular complexity index is 1180. The molecule has 0 unspecified atom stereocenters. The van der Waals surface area contributed by atoms with Crippen molar-refractivity contribution in [3.63, 3.8) is 0 Å². The van der Waals surface area contributed by atoms with Crippen molar-refractivity contribution in [3.05, 3.63) is 89.8 Å². The molecule has 2 heterocycles. The molecule has 0 saturated carbocycles. The number of nitrogens with zero attached hydrogens (tertiary/aromatic N) is 4. The minimum atomic E-state index is -0.508. The third-order valence-electron chi connectivity index (χ3n) is 4.40. The molecule has 0 spiro atoms. The van der Waals surface area contributed by atoms with Crippen LogP contribution in [0.15, 0.2) is 67.0 Å². The summed E-state index contributed by atoms with van der Waals surface area (Å²) in [5.41, 5.74) is 2.72. The molecule has 30 heavy (non-hydrogen) atoms. The van der Waals surface area contributed by atoms with Crippen LogP contribution in [0.3, 0.4) is 0 Å². The molecule has 0 atom stereocenters. The molecule has 1 N–H and O–H groups in total. The van der Waals surface area contributed by atoms with E-state index in [2.05, 4.69) is 20.4 Å². The van der Waals surface area contributed by atoms with Gasteiger partial charge in [-0.05, 0) is 50.2 Å². The first kappa shape index (κ1) is 19.3. The lowest BCUT2D eigenvalue weighted by molar-refractivity contribution is 0.102. The van der Waals surface area contributed by atoms with Crippen LogP contribution in [0.25, 0.3) is 5.69 Å². The largest absolute Gasteiger partial charge is 0.421 e. The Morgan fingerprint density at radius 3 is 2.50 bits per heavy atom. The number of benzene rings is 2. The highest BCUT2D eigenvalue weighted by Crippen LogP contribution is 2.25. The third kappa shape index (κ3) is 4.02. The molecule has 2 aromatic heterocycles. The lowest BCUT2D eigenvalue weighted by Crippen LogP contribution is -2.15. The summed E-state index contributed by atoms with van der Waals surface area (Å²) in [6.45, 7) is 3.44. The van der Waals surface area contributed by atoms with Crippen LogP contribution in [0.1, 0.15) is 21.7 Å². The molecule has 0 fully saturated rings. The van der Waals surface area contributed by atoms with Gasteiger partial charge in [-0.15, -0.1) is 0 Å². The van der Waals surface area contributed by atoms with Crippen LogP contribution < -0.4 is 10.1 Å². The summed E-state index contributed by atoms with van der Waals surface area (Å²) in [6, 6.07) is 14.9. The number of anilines is 1. The van der Waals surface area contributed by atoms with E-state index in [0.717, 1.165) is 5.69 Å². The molecule has 0 bridgehead atoms. The average Bonchev–Trinajstić information content (AvgIpc) is 3.27. The maximum Gasteiger partial charge on any atom is 0.322 e. The second kappa shape index (κ2) is 8.12. The van der Waals surface area contributed by atoms with Gasteiger partial charge < -0.3 is 10.1 Å². The zero-order chi connectivity index (χ0) is 21.1. The van der Waals surface area contributed by atoms with Gasteiger partial charge in [0, 0.05) is 18.0 Å². The number of carbonyl (C=O) groups is 1. The van der Waals surface area contributed by atoms with E-state index >= 15 is 0 Å². The van der Waals surface area contributed by atoms with E-state index in [-0.39, 0.29) is 17.7 Å². The summed E-state index contributed by atoms with van der Waals surface area (Å²) >= 11 is 0. The van der Waals surface area contributed by atoms with Gasteiger partial charge in [-0.1, -0.05) is 18.2 Å². The smallest absolute Gasteiger partial charge is 0.322 e. The second-order valence-corrected chi connectivity index (χ2v) is 6.54. The third-order valence-corrected chi connectivity index (χ3v) is 4.40. The fourth-order valence-corrected chi connectivity index (χ4v) is 2.93. The number of nitrogens with one attached hydrogen (secondary N) is 1. The summed E-state index contributed by atoms with van der Waals surface area (Å²) in [5, 5.41) is 7.02. The molecule has 0 radical (unpaired) electrons. The first-order valence-electron chi connectivity index (χ1n) is 9.20. The molecule has 150 valence electrons. The number of hydrogen-bond donors (Lipinski definition) is 1. The summed E-state index contributed by atoms with van der Waals surface area (Å²) in [5.74, 6) is -0.782. The predicted octanol–water partition coefficient (Wildman–Crippen LogP) is 4.46.